The van der Waals surface area contributed by atoms with Crippen molar-refractivity contribution < 1.29 is 27.5 Å². The molecule has 26 heavy (non-hydrogen) atoms. The van der Waals surface area contributed by atoms with Crippen LogP contribution in [0.1, 0.15) is 20.3 Å². The van der Waals surface area contributed by atoms with Crippen molar-refractivity contribution in [2.45, 2.75) is 31.1 Å². The molecule has 10 heteroatoms. The summed E-state index contributed by atoms with van der Waals surface area (Å²) >= 11 is 9.33. The number of carbonyl (C=O) groups excluding carboxylic acids is 2. The fourth-order valence-electron chi connectivity index (χ4n) is 2.60. The Kier molecular flexibility index (Phi) is 6.24. The number of hydrogen-bond acceptors (Lipinski definition) is 6. The van der Waals surface area contributed by atoms with Gasteiger partial charge in [-0.3, -0.25) is 9.69 Å². The first-order valence-electron chi connectivity index (χ1n) is 7.79. The number of halogens is 2. The molecule has 1 heterocycles. The quantitative estimate of drug-likeness (QED) is 0.596. The maximum atomic E-state index is 12.2. The summed E-state index contributed by atoms with van der Waals surface area (Å²) in [5, 5.41) is 0.422. The standard InChI is InChI=1S/C16H19BrClNO6S/c1-4-24-14(20)16(2,26(3,22)23)8-11-9-19(15(21)25-11)10-5-6-12(17)13(18)7-10/h5-7,11H,4,8-9H2,1-3H3/t11-,16?/m0/s1. The molecular weight excluding hydrogens is 450 g/mol. The van der Waals surface area contributed by atoms with Crippen LogP contribution in [0.3, 0.4) is 0 Å². The van der Waals surface area contributed by atoms with Crippen LogP contribution in [0, 0.1) is 0 Å². The smallest absolute Gasteiger partial charge is 0.414 e. The van der Waals surface area contributed by atoms with Gasteiger partial charge in [0.05, 0.1) is 18.2 Å². The Balaban J connectivity index is 2.23. The zero-order chi connectivity index (χ0) is 19.7. The lowest BCUT2D eigenvalue weighted by Gasteiger charge is -2.27. The Morgan fingerprint density at radius 1 is 1.50 bits per heavy atom. The van der Waals surface area contributed by atoms with Crippen LogP contribution in [0.25, 0.3) is 0 Å². The lowest BCUT2D eigenvalue weighted by atomic mass is 10.0. The van der Waals surface area contributed by atoms with Gasteiger partial charge in [-0.1, -0.05) is 11.6 Å². The van der Waals surface area contributed by atoms with Crippen LogP contribution in [0.4, 0.5) is 10.5 Å². The molecular formula is C16H19BrClNO6S. The second-order valence-electron chi connectivity index (χ2n) is 6.14. The molecule has 0 radical (unpaired) electrons. The van der Waals surface area contributed by atoms with Gasteiger partial charge < -0.3 is 9.47 Å². The molecule has 1 saturated heterocycles. The lowest BCUT2D eigenvalue weighted by molar-refractivity contribution is -0.146. The van der Waals surface area contributed by atoms with Crippen molar-refractivity contribution in [3.05, 3.63) is 27.7 Å². The maximum Gasteiger partial charge on any atom is 0.414 e. The van der Waals surface area contributed by atoms with Crippen molar-refractivity contribution in [2.75, 3.05) is 24.3 Å². The van der Waals surface area contributed by atoms with Crippen molar-refractivity contribution in [2.24, 2.45) is 0 Å². The van der Waals surface area contributed by atoms with Gasteiger partial charge in [0.1, 0.15) is 6.10 Å². The van der Waals surface area contributed by atoms with E-state index in [1.54, 1.807) is 25.1 Å². The van der Waals surface area contributed by atoms with E-state index in [1.165, 1.54) is 11.8 Å². The van der Waals surface area contributed by atoms with Crippen LogP contribution in [-0.4, -0.2) is 50.7 Å². The molecule has 7 nitrogen and oxygen atoms in total. The minimum absolute atomic E-state index is 0.0535. The van der Waals surface area contributed by atoms with E-state index in [9.17, 15) is 18.0 Å². The third-order valence-electron chi connectivity index (χ3n) is 4.23. The third-order valence-corrected chi connectivity index (χ3v) is 7.43. The van der Waals surface area contributed by atoms with E-state index < -0.39 is 32.8 Å². The molecule has 144 valence electrons. The number of esters is 1. The summed E-state index contributed by atoms with van der Waals surface area (Å²) in [5.41, 5.74) is 0.517. The second-order valence-corrected chi connectivity index (χ2v) is 9.85. The number of benzene rings is 1. The van der Waals surface area contributed by atoms with E-state index >= 15 is 0 Å². The third kappa shape index (κ3) is 4.15. The first-order chi connectivity index (χ1) is 12.0. The minimum Gasteiger partial charge on any atom is -0.465 e. The molecule has 0 saturated carbocycles. The first kappa shape index (κ1) is 21.0. The summed E-state index contributed by atoms with van der Waals surface area (Å²) in [6.07, 6.45) is -0.647. The zero-order valence-corrected chi connectivity index (χ0v) is 17.7. The number of sulfone groups is 1. The Morgan fingerprint density at radius 2 is 2.15 bits per heavy atom. The van der Waals surface area contributed by atoms with Crippen molar-refractivity contribution >= 4 is 55.1 Å². The monoisotopic (exact) mass is 467 g/mol. The van der Waals surface area contributed by atoms with Crippen LogP contribution >= 0.6 is 27.5 Å². The molecule has 1 aliphatic rings. The van der Waals surface area contributed by atoms with Gasteiger partial charge in [-0.2, -0.15) is 0 Å². The number of amides is 1. The van der Waals surface area contributed by atoms with Crippen molar-refractivity contribution in [1.82, 2.24) is 0 Å². The Hall–Kier alpha value is -1.32. The minimum atomic E-state index is -3.80. The van der Waals surface area contributed by atoms with Gasteiger partial charge in [-0.05, 0) is 48.0 Å². The SMILES string of the molecule is CCOC(=O)C(C)(C[C@H]1CN(c2ccc(Br)c(Cl)c2)C(=O)O1)S(C)(=O)=O. The Labute approximate surface area is 165 Å². The van der Waals surface area contributed by atoms with E-state index in [0.29, 0.717) is 15.2 Å². The molecule has 1 fully saturated rings. The average molecular weight is 469 g/mol. The van der Waals surface area contributed by atoms with Gasteiger partial charge in [0.2, 0.25) is 0 Å². The predicted molar refractivity (Wildman–Crippen MR) is 101 cm³/mol. The van der Waals surface area contributed by atoms with Crippen LogP contribution in [0.15, 0.2) is 22.7 Å². The normalized spacial score (nSPS) is 19.8. The fourth-order valence-corrected chi connectivity index (χ4v) is 3.87. The van der Waals surface area contributed by atoms with E-state index in [0.717, 1.165) is 6.26 Å². The van der Waals surface area contributed by atoms with E-state index in [-0.39, 0.29) is 19.6 Å². The summed E-state index contributed by atoms with van der Waals surface area (Å²) in [6.45, 7) is 3.03. The lowest BCUT2D eigenvalue weighted by Crippen LogP contribution is -2.47. The van der Waals surface area contributed by atoms with Gasteiger partial charge in [-0.25, -0.2) is 13.2 Å². The van der Waals surface area contributed by atoms with Gasteiger partial charge >= 0.3 is 12.1 Å². The van der Waals surface area contributed by atoms with Gasteiger partial charge in [0.25, 0.3) is 0 Å². The number of rotatable bonds is 6. The number of ether oxygens (including phenoxy) is 2. The first-order valence-corrected chi connectivity index (χ1v) is 10.9. The number of nitrogens with zero attached hydrogens (tertiary/aromatic N) is 1. The van der Waals surface area contributed by atoms with E-state index in [4.69, 9.17) is 21.1 Å². The predicted octanol–water partition coefficient (Wildman–Crippen LogP) is 3.18. The van der Waals surface area contributed by atoms with Crippen LogP contribution in [0.2, 0.25) is 5.02 Å². The molecule has 0 N–H and O–H groups in total. The highest BCUT2D eigenvalue weighted by atomic mass is 79.9. The zero-order valence-electron chi connectivity index (χ0n) is 14.5. The maximum absolute atomic E-state index is 12.2. The molecule has 0 aromatic heterocycles. The van der Waals surface area contributed by atoms with Crippen molar-refractivity contribution in [1.29, 1.82) is 0 Å². The summed E-state index contributed by atoms with van der Waals surface area (Å²) in [6, 6.07) is 4.97. The second kappa shape index (κ2) is 7.74. The number of anilines is 1. The highest BCUT2D eigenvalue weighted by Crippen LogP contribution is 2.33. The molecule has 2 atom stereocenters. The van der Waals surface area contributed by atoms with Crippen LogP contribution < -0.4 is 4.90 Å². The average Bonchev–Trinajstić information content (AvgIpc) is 2.89. The summed E-state index contributed by atoms with van der Waals surface area (Å²) < 4.78 is 33.5. The topological polar surface area (TPSA) is 90.0 Å². The molecule has 1 amide bonds. The van der Waals surface area contributed by atoms with Crippen LogP contribution in [0.5, 0.6) is 0 Å². The Bertz CT molecular complexity index is 830. The summed E-state index contributed by atoms with van der Waals surface area (Å²) in [4.78, 5) is 25.8. The molecule has 1 aromatic rings. The molecule has 1 aliphatic heterocycles. The van der Waals surface area contributed by atoms with Gasteiger partial charge in [0, 0.05) is 22.8 Å². The Morgan fingerprint density at radius 3 is 2.69 bits per heavy atom. The molecule has 0 aliphatic carbocycles. The fraction of sp³-hybridized carbons (Fsp3) is 0.500. The summed E-state index contributed by atoms with van der Waals surface area (Å²) in [7, 11) is -3.80. The van der Waals surface area contributed by atoms with Crippen LogP contribution in [-0.2, 0) is 24.1 Å². The molecule has 0 spiro atoms. The molecule has 0 bridgehead atoms. The molecule has 1 aromatic carbocycles. The van der Waals surface area contributed by atoms with Crippen molar-refractivity contribution in [3.8, 4) is 0 Å². The molecule has 1 unspecified atom stereocenters. The van der Waals surface area contributed by atoms with Gasteiger partial charge in [0.15, 0.2) is 14.6 Å². The van der Waals surface area contributed by atoms with E-state index in [2.05, 4.69) is 15.9 Å². The number of carbonyl (C=O) groups is 2. The largest absolute Gasteiger partial charge is 0.465 e. The van der Waals surface area contributed by atoms with Gasteiger partial charge in [-0.15, -0.1) is 0 Å². The van der Waals surface area contributed by atoms with Crippen molar-refractivity contribution in [3.63, 3.8) is 0 Å². The highest BCUT2D eigenvalue weighted by molar-refractivity contribution is 9.10. The molecule has 2 rings (SSSR count). The highest BCUT2D eigenvalue weighted by Gasteiger charge is 2.49. The summed E-state index contributed by atoms with van der Waals surface area (Å²) in [5.74, 6) is -0.858. The number of hydrogen-bond donors (Lipinski definition) is 0. The van der Waals surface area contributed by atoms with E-state index in [1.807, 2.05) is 0 Å². The number of cyclic esters (lactones) is 1.